The molecule has 1 aliphatic rings. The molecule has 1 unspecified atom stereocenters. The molecule has 1 saturated heterocycles. The molecule has 2 aromatic carbocycles. The van der Waals surface area contributed by atoms with Crippen molar-refractivity contribution in [1.82, 2.24) is 4.31 Å². The van der Waals surface area contributed by atoms with Gasteiger partial charge in [-0.25, -0.2) is 21.2 Å². The van der Waals surface area contributed by atoms with Crippen LogP contribution < -0.4 is 4.72 Å². The summed E-state index contributed by atoms with van der Waals surface area (Å²) in [5.41, 5.74) is 0.514. The zero-order valence-electron chi connectivity index (χ0n) is 15.7. The molecule has 0 radical (unpaired) electrons. The van der Waals surface area contributed by atoms with Gasteiger partial charge in [0, 0.05) is 18.8 Å². The van der Waals surface area contributed by atoms with E-state index in [1.165, 1.54) is 41.6 Å². The summed E-state index contributed by atoms with van der Waals surface area (Å²) in [5, 5.41) is 0. The molecule has 152 valence electrons. The summed E-state index contributed by atoms with van der Waals surface area (Å²) in [6.45, 7) is 4.51. The molecular formula is C19H23FN2O4S2. The van der Waals surface area contributed by atoms with Gasteiger partial charge < -0.3 is 0 Å². The first-order valence-electron chi connectivity index (χ1n) is 8.99. The predicted octanol–water partition coefficient (Wildman–Crippen LogP) is 3.36. The first-order chi connectivity index (χ1) is 13.1. The maximum atomic E-state index is 13.2. The van der Waals surface area contributed by atoms with E-state index < -0.39 is 25.9 Å². The predicted molar refractivity (Wildman–Crippen MR) is 106 cm³/mol. The van der Waals surface area contributed by atoms with Crippen LogP contribution in [-0.4, -0.2) is 34.2 Å². The number of hydrogen-bond acceptors (Lipinski definition) is 4. The van der Waals surface area contributed by atoms with Crippen molar-refractivity contribution in [2.45, 2.75) is 36.5 Å². The number of hydrogen-bond donors (Lipinski definition) is 1. The molecule has 0 aliphatic carbocycles. The smallest absolute Gasteiger partial charge is 0.262 e. The standard InChI is InChI=1S/C19H23FN2O4S2/c1-14-4-3-11-22(13-14)28(25,26)18-8-6-17(7-9-18)21-27(23,24)19-10-5-16(20)12-15(19)2/h5-10,12,14,21H,3-4,11,13H2,1-2H3. The van der Waals surface area contributed by atoms with Gasteiger partial charge >= 0.3 is 0 Å². The van der Waals surface area contributed by atoms with Gasteiger partial charge in [0.1, 0.15) is 5.82 Å². The molecule has 0 saturated carbocycles. The quantitative estimate of drug-likeness (QED) is 0.795. The fourth-order valence-electron chi connectivity index (χ4n) is 3.33. The summed E-state index contributed by atoms with van der Waals surface area (Å²) in [4.78, 5) is 0.0930. The molecule has 3 rings (SSSR count). The molecule has 0 amide bonds. The summed E-state index contributed by atoms with van der Waals surface area (Å²) in [6, 6.07) is 9.03. The molecule has 1 N–H and O–H groups in total. The Morgan fingerprint density at radius 2 is 1.75 bits per heavy atom. The normalized spacial score (nSPS) is 18.8. The van der Waals surface area contributed by atoms with E-state index in [-0.39, 0.29) is 21.0 Å². The van der Waals surface area contributed by atoms with Crippen molar-refractivity contribution in [2.24, 2.45) is 5.92 Å². The van der Waals surface area contributed by atoms with Gasteiger partial charge in [0.25, 0.3) is 10.0 Å². The highest BCUT2D eigenvalue weighted by Crippen LogP contribution is 2.25. The van der Waals surface area contributed by atoms with E-state index in [1.807, 2.05) is 6.92 Å². The fraction of sp³-hybridized carbons (Fsp3) is 0.368. The number of nitrogens with one attached hydrogen (secondary N) is 1. The number of sulfonamides is 2. The lowest BCUT2D eigenvalue weighted by molar-refractivity contribution is 0.281. The molecule has 1 fully saturated rings. The lowest BCUT2D eigenvalue weighted by Crippen LogP contribution is -2.39. The van der Waals surface area contributed by atoms with E-state index in [1.54, 1.807) is 0 Å². The molecule has 1 atom stereocenters. The molecule has 2 aromatic rings. The lowest BCUT2D eigenvalue weighted by atomic mass is 10.0. The van der Waals surface area contributed by atoms with E-state index in [2.05, 4.69) is 4.72 Å². The van der Waals surface area contributed by atoms with Crippen molar-refractivity contribution in [3.05, 3.63) is 53.8 Å². The van der Waals surface area contributed by atoms with Gasteiger partial charge in [-0.05, 0) is 73.7 Å². The van der Waals surface area contributed by atoms with Crippen molar-refractivity contribution < 1.29 is 21.2 Å². The van der Waals surface area contributed by atoms with Gasteiger partial charge in [-0.3, -0.25) is 4.72 Å². The third-order valence-corrected chi connectivity index (χ3v) is 8.21. The van der Waals surface area contributed by atoms with Crippen molar-refractivity contribution in [3.8, 4) is 0 Å². The summed E-state index contributed by atoms with van der Waals surface area (Å²) in [6.07, 6.45) is 1.84. The van der Waals surface area contributed by atoms with Crippen LogP contribution in [0.1, 0.15) is 25.3 Å². The van der Waals surface area contributed by atoms with Crippen LogP contribution in [0.15, 0.2) is 52.3 Å². The van der Waals surface area contributed by atoms with E-state index >= 15 is 0 Å². The maximum Gasteiger partial charge on any atom is 0.262 e. The van der Waals surface area contributed by atoms with E-state index in [4.69, 9.17) is 0 Å². The third-order valence-electron chi connectivity index (χ3n) is 4.79. The Bertz CT molecular complexity index is 1070. The zero-order chi connectivity index (χ0) is 20.5. The highest BCUT2D eigenvalue weighted by Gasteiger charge is 2.28. The Balaban J connectivity index is 1.81. The highest BCUT2D eigenvalue weighted by atomic mass is 32.2. The van der Waals surface area contributed by atoms with Gasteiger partial charge in [-0.1, -0.05) is 6.92 Å². The molecule has 1 aliphatic heterocycles. The molecular weight excluding hydrogens is 403 g/mol. The maximum absolute atomic E-state index is 13.2. The van der Waals surface area contributed by atoms with Gasteiger partial charge in [0.15, 0.2) is 0 Å². The van der Waals surface area contributed by atoms with Gasteiger partial charge in [0.05, 0.1) is 9.79 Å². The SMILES string of the molecule is Cc1cc(F)ccc1S(=O)(=O)Nc1ccc(S(=O)(=O)N2CCCC(C)C2)cc1. The minimum absolute atomic E-state index is 0.0343. The Kier molecular flexibility index (Phi) is 5.79. The Labute approximate surface area is 165 Å². The number of rotatable bonds is 5. The van der Waals surface area contributed by atoms with E-state index in [0.29, 0.717) is 19.0 Å². The number of anilines is 1. The van der Waals surface area contributed by atoms with Gasteiger partial charge in [0.2, 0.25) is 10.0 Å². The minimum Gasteiger partial charge on any atom is -0.280 e. The first kappa shape index (κ1) is 20.8. The van der Waals surface area contributed by atoms with Crippen LogP contribution >= 0.6 is 0 Å². The van der Waals surface area contributed by atoms with Crippen LogP contribution in [0.25, 0.3) is 0 Å². The highest BCUT2D eigenvalue weighted by molar-refractivity contribution is 7.92. The van der Waals surface area contributed by atoms with Crippen molar-refractivity contribution >= 4 is 25.7 Å². The Hall–Kier alpha value is -1.97. The Morgan fingerprint density at radius 1 is 1.07 bits per heavy atom. The van der Waals surface area contributed by atoms with Gasteiger partial charge in [-0.15, -0.1) is 0 Å². The number of benzene rings is 2. The molecule has 0 aromatic heterocycles. The van der Waals surface area contributed by atoms with Crippen molar-refractivity contribution in [2.75, 3.05) is 17.8 Å². The molecule has 1 heterocycles. The number of piperidine rings is 1. The van der Waals surface area contributed by atoms with Crippen LogP contribution in [-0.2, 0) is 20.0 Å². The molecule has 28 heavy (non-hydrogen) atoms. The second kappa shape index (κ2) is 7.81. The molecule has 9 heteroatoms. The average molecular weight is 427 g/mol. The minimum atomic E-state index is -3.91. The summed E-state index contributed by atoms with van der Waals surface area (Å²) < 4.78 is 67.7. The largest absolute Gasteiger partial charge is 0.280 e. The van der Waals surface area contributed by atoms with Crippen molar-refractivity contribution in [1.29, 1.82) is 0 Å². The zero-order valence-corrected chi connectivity index (χ0v) is 17.4. The fourth-order valence-corrected chi connectivity index (χ4v) is 6.22. The topological polar surface area (TPSA) is 83.5 Å². The third kappa shape index (κ3) is 4.37. The van der Waals surface area contributed by atoms with E-state index in [9.17, 15) is 21.2 Å². The number of aryl methyl sites for hydroxylation is 1. The van der Waals surface area contributed by atoms with Crippen LogP contribution in [0.2, 0.25) is 0 Å². The summed E-state index contributed by atoms with van der Waals surface area (Å²) in [5.74, 6) is -0.202. The number of halogens is 1. The lowest BCUT2D eigenvalue weighted by Gasteiger charge is -2.30. The summed E-state index contributed by atoms with van der Waals surface area (Å²) in [7, 11) is -7.52. The number of nitrogens with zero attached hydrogens (tertiary/aromatic N) is 1. The summed E-state index contributed by atoms with van der Waals surface area (Å²) >= 11 is 0. The van der Waals surface area contributed by atoms with Crippen molar-refractivity contribution in [3.63, 3.8) is 0 Å². The molecule has 0 bridgehead atoms. The monoisotopic (exact) mass is 426 g/mol. The van der Waals surface area contributed by atoms with Crippen LogP contribution in [0.5, 0.6) is 0 Å². The van der Waals surface area contributed by atoms with Crippen LogP contribution in [0, 0.1) is 18.7 Å². The van der Waals surface area contributed by atoms with Crippen LogP contribution in [0.3, 0.4) is 0 Å². The van der Waals surface area contributed by atoms with Gasteiger partial charge in [-0.2, -0.15) is 4.31 Å². The first-order valence-corrected chi connectivity index (χ1v) is 11.9. The Morgan fingerprint density at radius 3 is 2.36 bits per heavy atom. The average Bonchev–Trinajstić information content (AvgIpc) is 2.61. The second-order valence-electron chi connectivity index (χ2n) is 7.15. The van der Waals surface area contributed by atoms with Crippen LogP contribution in [0.4, 0.5) is 10.1 Å². The van der Waals surface area contributed by atoms with E-state index in [0.717, 1.165) is 25.0 Å². The second-order valence-corrected chi connectivity index (χ2v) is 10.7. The molecule has 0 spiro atoms. The molecule has 6 nitrogen and oxygen atoms in total.